The average molecular weight is 388 g/mol. The van der Waals surface area contributed by atoms with E-state index in [1.165, 1.54) is 0 Å². The number of nitrogens with zero attached hydrogens (tertiary/aromatic N) is 2. The van der Waals surface area contributed by atoms with E-state index in [1.54, 1.807) is 27.6 Å². The molecule has 0 spiro atoms. The van der Waals surface area contributed by atoms with E-state index in [0.717, 1.165) is 44.0 Å². The molecular weight excluding hydrogens is 360 g/mol. The smallest absolute Gasteiger partial charge is 0.223 e. The van der Waals surface area contributed by atoms with Gasteiger partial charge in [-0.3, -0.25) is 9.69 Å². The van der Waals surface area contributed by atoms with Crippen molar-refractivity contribution < 1.29 is 23.4 Å². The minimum atomic E-state index is 0.180. The van der Waals surface area contributed by atoms with Crippen LogP contribution in [0.4, 0.5) is 0 Å². The van der Waals surface area contributed by atoms with Gasteiger partial charge in [0.1, 0.15) is 5.76 Å². The molecule has 0 saturated carbocycles. The molecule has 3 rings (SSSR count). The predicted molar refractivity (Wildman–Crippen MR) is 105 cm³/mol. The largest absolute Gasteiger partial charge is 0.493 e. The lowest BCUT2D eigenvalue weighted by atomic mass is 10.1. The van der Waals surface area contributed by atoms with Gasteiger partial charge in [0.2, 0.25) is 11.7 Å². The molecular formula is C21H28N2O5. The van der Waals surface area contributed by atoms with E-state index in [2.05, 4.69) is 4.90 Å². The molecule has 2 heterocycles. The second-order valence-electron chi connectivity index (χ2n) is 6.73. The summed E-state index contributed by atoms with van der Waals surface area (Å²) in [5, 5.41) is 0. The van der Waals surface area contributed by atoms with Crippen molar-refractivity contribution in [3.63, 3.8) is 0 Å². The number of rotatable bonds is 8. The number of hydrogen-bond donors (Lipinski definition) is 0. The monoisotopic (exact) mass is 388 g/mol. The second-order valence-corrected chi connectivity index (χ2v) is 6.73. The first-order chi connectivity index (χ1) is 13.7. The Hall–Kier alpha value is -2.67. The Labute approximate surface area is 165 Å². The highest BCUT2D eigenvalue weighted by atomic mass is 16.5. The summed E-state index contributed by atoms with van der Waals surface area (Å²) >= 11 is 0. The number of ether oxygens (including phenoxy) is 3. The molecule has 1 amide bonds. The lowest BCUT2D eigenvalue weighted by molar-refractivity contribution is -0.133. The number of methoxy groups -OCH3 is 3. The van der Waals surface area contributed by atoms with Gasteiger partial charge in [-0.25, -0.2) is 0 Å². The van der Waals surface area contributed by atoms with Crippen LogP contribution in [-0.4, -0.2) is 63.2 Å². The Balaban J connectivity index is 1.55. The first-order valence-electron chi connectivity index (χ1n) is 9.46. The van der Waals surface area contributed by atoms with Gasteiger partial charge in [0.15, 0.2) is 11.5 Å². The summed E-state index contributed by atoms with van der Waals surface area (Å²) in [4.78, 5) is 16.7. The van der Waals surface area contributed by atoms with Crippen LogP contribution in [0.5, 0.6) is 17.2 Å². The standard InChI is InChI=1S/C21H28N2O5/c1-25-18-8-6-16(20(26-2)21(18)27-3)15-22-10-12-23(13-11-22)19(24)9-7-17-5-4-14-28-17/h4-6,8,14H,7,9-13,15H2,1-3H3. The number of aryl methyl sites for hydroxylation is 1. The lowest BCUT2D eigenvalue weighted by Gasteiger charge is -2.35. The van der Waals surface area contributed by atoms with Crippen molar-refractivity contribution in [1.82, 2.24) is 9.80 Å². The van der Waals surface area contributed by atoms with Gasteiger partial charge in [-0.2, -0.15) is 0 Å². The number of piperazine rings is 1. The number of carbonyl (C=O) groups is 1. The van der Waals surface area contributed by atoms with Crippen LogP contribution in [0.1, 0.15) is 17.7 Å². The number of amides is 1. The molecule has 2 aromatic rings. The summed E-state index contributed by atoms with van der Waals surface area (Å²) < 4.78 is 21.7. The number of carbonyl (C=O) groups excluding carboxylic acids is 1. The summed E-state index contributed by atoms with van der Waals surface area (Å²) in [6.45, 7) is 3.84. The van der Waals surface area contributed by atoms with Crippen molar-refractivity contribution in [1.29, 1.82) is 0 Å². The van der Waals surface area contributed by atoms with E-state index in [-0.39, 0.29) is 5.91 Å². The Morgan fingerprint density at radius 2 is 1.75 bits per heavy atom. The van der Waals surface area contributed by atoms with E-state index in [9.17, 15) is 4.79 Å². The van der Waals surface area contributed by atoms with Crippen LogP contribution in [0.25, 0.3) is 0 Å². The van der Waals surface area contributed by atoms with Crippen molar-refractivity contribution in [2.75, 3.05) is 47.5 Å². The van der Waals surface area contributed by atoms with Crippen LogP contribution < -0.4 is 14.2 Å². The predicted octanol–water partition coefficient (Wildman–Crippen LogP) is 2.58. The third kappa shape index (κ3) is 4.59. The molecule has 0 bridgehead atoms. The molecule has 1 aromatic carbocycles. The highest BCUT2D eigenvalue weighted by Gasteiger charge is 2.23. The second kappa shape index (κ2) is 9.50. The molecule has 1 aromatic heterocycles. The fourth-order valence-electron chi connectivity index (χ4n) is 3.53. The molecule has 1 saturated heterocycles. The third-order valence-electron chi connectivity index (χ3n) is 5.07. The van der Waals surface area contributed by atoms with Crippen molar-refractivity contribution in [3.05, 3.63) is 41.9 Å². The minimum Gasteiger partial charge on any atom is -0.493 e. The van der Waals surface area contributed by atoms with Gasteiger partial charge in [-0.05, 0) is 18.2 Å². The average Bonchev–Trinajstić information content (AvgIpc) is 3.25. The van der Waals surface area contributed by atoms with E-state index < -0.39 is 0 Å². The Bertz CT molecular complexity index is 767. The summed E-state index contributed by atoms with van der Waals surface area (Å²) in [7, 11) is 4.85. The molecule has 0 atom stereocenters. The van der Waals surface area contributed by atoms with Crippen LogP contribution in [0, 0.1) is 0 Å². The van der Waals surface area contributed by atoms with Gasteiger partial charge in [0.25, 0.3) is 0 Å². The summed E-state index contributed by atoms with van der Waals surface area (Å²) in [6, 6.07) is 7.65. The van der Waals surface area contributed by atoms with Crippen LogP contribution >= 0.6 is 0 Å². The quantitative estimate of drug-likeness (QED) is 0.693. The topological polar surface area (TPSA) is 64.4 Å². The summed E-state index contributed by atoms with van der Waals surface area (Å²) in [5.41, 5.74) is 1.04. The van der Waals surface area contributed by atoms with Crippen molar-refractivity contribution in [2.45, 2.75) is 19.4 Å². The van der Waals surface area contributed by atoms with E-state index >= 15 is 0 Å². The van der Waals surface area contributed by atoms with Gasteiger partial charge in [0.05, 0.1) is 27.6 Å². The van der Waals surface area contributed by atoms with Crippen LogP contribution in [0.2, 0.25) is 0 Å². The molecule has 28 heavy (non-hydrogen) atoms. The normalized spacial score (nSPS) is 14.8. The van der Waals surface area contributed by atoms with E-state index in [4.69, 9.17) is 18.6 Å². The maximum Gasteiger partial charge on any atom is 0.223 e. The Morgan fingerprint density at radius 1 is 1.00 bits per heavy atom. The molecule has 1 aliphatic heterocycles. The molecule has 1 fully saturated rings. The molecule has 7 heteroatoms. The van der Waals surface area contributed by atoms with Gasteiger partial charge in [-0.1, -0.05) is 6.07 Å². The molecule has 7 nitrogen and oxygen atoms in total. The lowest BCUT2D eigenvalue weighted by Crippen LogP contribution is -2.48. The van der Waals surface area contributed by atoms with Gasteiger partial charge in [-0.15, -0.1) is 0 Å². The Morgan fingerprint density at radius 3 is 2.36 bits per heavy atom. The van der Waals surface area contributed by atoms with Crippen molar-refractivity contribution in [2.24, 2.45) is 0 Å². The number of furan rings is 1. The van der Waals surface area contributed by atoms with Crippen LogP contribution in [0.3, 0.4) is 0 Å². The van der Waals surface area contributed by atoms with Gasteiger partial charge in [0, 0.05) is 51.1 Å². The molecule has 0 aliphatic carbocycles. The van der Waals surface area contributed by atoms with Gasteiger partial charge >= 0.3 is 0 Å². The first-order valence-corrected chi connectivity index (χ1v) is 9.46. The fraction of sp³-hybridized carbons (Fsp3) is 0.476. The molecule has 0 N–H and O–H groups in total. The fourth-order valence-corrected chi connectivity index (χ4v) is 3.53. The minimum absolute atomic E-state index is 0.180. The zero-order valence-electron chi connectivity index (χ0n) is 16.8. The molecule has 1 aliphatic rings. The number of benzene rings is 1. The van der Waals surface area contributed by atoms with Crippen molar-refractivity contribution >= 4 is 5.91 Å². The van der Waals surface area contributed by atoms with Gasteiger partial charge < -0.3 is 23.5 Å². The van der Waals surface area contributed by atoms with Crippen LogP contribution in [0.15, 0.2) is 34.9 Å². The Kier molecular flexibility index (Phi) is 6.81. The molecule has 0 unspecified atom stereocenters. The SMILES string of the molecule is COc1ccc(CN2CCN(C(=O)CCc3ccco3)CC2)c(OC)c1OC. The highest BCUT2D eigenvalue weighted by Crippen LogP contribution is 2.40. The molecule has 0 radical (unpaired) electrons. The molecule has 152 valence electrons. The maximum atomic E-state index is 12.4. The first kappa shape index (κ1) is 20.1. The summed E-state index contributed by atoms with van der Waals surface area (Å²) in [6.07, 6.45) is 2.77. The maximum absolute atomic E-state index is 12.4. The van der Waals surface area contributed by atoms with Crippen LogP contribution in [-0.2, 0) is 17.8 Å². The third-order valence-corrected chi connectivity index (χ3v) is 5.07. The summed E-state index contributed by atoms with van der Waals surface area (Å²) in [5.74, 6) is 2.98. The highest BCUT2D eigenvalue weighted by molar-refractivity contribution is 5.76. The van der Waals surface area contributed by atoms with Crippen molar-refractivity contribution in [3.8, 4) is 17.2 Å². The van der Waals surface area contributed by atoms with E-state index in [0.29, 0.717) is 30.1 Å². The van der Waals surface area contributed by atoms with E-state index in [1.807, 2.05) is 29.2 Å². The zero-order valence-corrected chi connectivity index (χ0v) is 16.8. The zero-order chi connectivity index (χ0) is 19.9. The number of hydrogen-bond acceptors (Lipinski definition) is 6.